The molecule has 0 saturated heterocycles. The average molecular weight is 488 g/mol. The van der Waals surface area contributed by atoms with Crippen LogP contribution in [-0.4, -0.2) is 0 Å². The third-order valence-electron chi connectivity index (χ3n) is 7.11. The van der Waals surface area contributed by atoms with Crippen LogP contribution in [0.4, 0.5) is 0 Å². The normalized spacial score (nSPS) is 14.3. The minimum absolute atomic E-state index is 0.926. The van der Waals surface area contributed by atoms with Crippen LogP contribution in [0.15, 0.2) is 157 Å². The Bertz CT molecular complexity index is 1570. The molecule has 0 unspecified atom stereocenters. The first-order chi connectivity index (χ1) is 18.8. The van der Waals surface area contributed by atoms with Crippen LogP contribution in [0.3, 0.4) is 0 Å². The van der Waals surface area contributed by atoms with E-state index in [1.54, 1.807) is 0 Å². The van der Waals surface area contributed by atoms with Crippen molar-refractivity contribution < 1.29 is 0 Å². The molecule has 0 amide bonds. The van der Waals surface area contributed by atoms with Crippen molar-refractivity contribution in [2.24, 2.45) is 5.11 Å². The monoisotopic (exact) mass is 487 g/mol. The lowest BCUT2D eigenvalue weighted by atomic mass is 9.74. The third-order valence-corrected chi connectivity index (χ3v) is 7.11. The molecule has 0 saturated carbocycles. The number of nitrogens with zero attached hydrogens (tertiary/aromatic N) is 3. The Balaban J connectivity index is 1.89. The third kappa shape index (κ3) is 3.83. The zero-order chi connectivity index (χ0) is 25.8. The lowest BCUT2D eigenvalue weighted by molar-refractivity contribution is 0.758. The highest BCUT2D eigenvalue weighted by Crippen LogP contribution is 2.62. The van der Waals surface area contributed by atoms with E-state index in [1.807, 2.05) is 66.7 Å². The first-order valence-corrected chi connectivity index (χ1v) is 12.7. The smallest absolute Gasteiger partial charge is 0.0729 e. The second-order valence-electron chi connectivity index (χ2n) is 9.23. The van der Waals surface area contributed by atoms with E-state index in [9.17, 15) is 5.53 Å². The van der Waals surface area contributed by atoms with Gasteiger partial charge in [0.05, 0.1) is 0 Å². The van der Waals surface area contributed by atoms with E-state index in [4.69, 9.17) is 5.11 Å². The predicted molar refractivity (Wildman–Crippen MR) is 157 cm³/mol. The van der Waals surface area contributed by atoms with Gasteiger partial charge >= 0.3 is 0 Å². The summed E-state index contributed by atoms with van der Waals surface area (Å²) < 4.78 is 0. The molecule has 0 heterocycles. The fourth-order valence-corrected chi connectivity index (χ4v) is 5.63. The van der Waals surface area contributed by atoms with Gasteiger partial charge in [-0.2, -0.15) is 0 Å². The molecule has 5 aromatic rings. The Morgan fingerprint density at radius 1 is 0.421 bits per heavy atom. The molecule has 5 aromatic carbocycles. The Hall–Kier alpha value is -5.11. The van der Waals surface area contributed by atoms with Crippen molar-refractivity contribution in [3.05, 3.63) is 190 Å². The molecule has 0 aromatic heterocycles. The van der Waals surface area contributed by atoms with Crippen LogP contribution in [0.2, 0.25) is 0 Å². The zero-order valence-electron chi connectivity index (χ0n) is 20.8. The van der Waals surface area contributed by atoms with E-state index in [2.05, 4.69) is 89.8 Å². The maximum Gasteiger partial charge on any atom is 0.126 e. The minimum Gasteiger partial charge on any atom is -0.0729 e. The molecule has 3 nitrogen and oxygen atoms in total. The Kier molecular flexibility index (Phi) is 6.19. The van der Waals surface area contributed by atoms with Crippen LogP contribution in [0, 0.1) is 0 Å². The van der Waals surface area contributed by atoms with E-state index in [0.29, 0.717) is 0 Å². The molecular weight excluding hydrogens is 462 g/mol. The maximum absolute atomic E-state index is 10.2. The zero-order valence-corrected chi connectivity index (χ0v) is 20.8. The molecule has 0 aliphatic heterocycles. The minimum atomic E-state index is -1.10. The summed E-state index contributed by atoms with van der Waals surface area (Å²) in [7, 11) is 0. The van der Waals surface area contributed by atoms with Gasteiger partial charge in [0.15, 0.2) is 0 Å². The summed E-state index contributed by atoms with van der Waals surface area (Å²) in [6, 6.07) is 51.7. The molecule has 38 heavy (non-hydrogen) atoms. The van der Waals surface area contributed by atoms with Gasteiger partial charge in [-0.05, 0) is 55.6 Å². The van der Waals surface area contributed by atoms with Crippen LogP contribution in [0.25, 0.3) is 32.7 Å². The fraction of sp³-hybridized carbons (Fsp3) is 0.0286. The first kappa shape index (κ1) is 23.3. The number of azide groups is 1. The van der Waals surface area contributed by atoms with Gasteiger partial charge in [0.1, 0.15) is 5.54 Å². The van der Waals surface area contributed by atoms with Crippen molar-refractivity contribution in [1.29, 1.82) is 0 Å². The number of allylic oxidation sites excluding steroid dienone is 2. The van der Waals surface area contributed by atoms with Gasteiger partial charge in [0, 0.05) is 4.91 Å². The second-order valence-corrected chi connectivity index (χ2v) is 9.23. The van der Waals surface area contributed by atoms with Gasteiger partial charge in [0.25, 0.3) is 0 Å². The van der Waals surface area contributed by atoms with Crippen molar-refractivity contribution in [3.63, 3.8) is 0 Å². The van der Waals surface area contributed by atoms with E-state index in [-0.39, 0.29) is 0 Å². The van der Waals surface area contributed by atoms with Gasteiger partial charge in [-0.3, -0.25) is 0 Å². The average Bonchev–Trinajstić information content (AvgIpc) is 3.31. The standard InChI is InChI=1S/C35H25N3/c36-38-37-35(30-24-14-5-15-25-30)33(28-20-10-3-11-21-28)31(26-16-6-1-7-17-26)32(27-18-8-2-9-19-27)34(35)29-22-12-4-13-23-29/h1-25H. The molecule has 180 valence electrons. The number of benzene rings is 5. The topological polar surface area (TPSA) is 48.8 Å². The summed E-state index contributed by atoms with van der Waals surface area (Å²) in [5, 5.41) is 4.76. The van der Waals surface area contributed by atoms with E-state index in [0.717, 1.165) is 50.1 Å². The molecule has 1 aliphatic carbocycles. The van der Waals surface area contributed by atoms with Crippen molar-refractivity contribution in [3.8, 4) is 0 Å². The molecule has 1 aliphatic rings. The van der Waals surface area contributed by atoms with E-state index < -0.39 is 5.54 Å². The Labute approximate surface area is 222 Å². The molecular formula is C35H25N3. The summed E-state index contributed by atoms with van der Waals surface area (Å²) in [5.41, 5.74) is 18.3. The summed E-state index contributed by atoms with van der Waals surface area (Å²) in [6.45, 7) is 0. The second kappa shape index (κ2) is 10.1. The maximum atomic E-state index is 10.2. The molecule has 0 fully saturated rings. The van der Waals surface area contributed by atoms with Crippen molar-refractivity contribution in [1.82, 2.24) is 0 Å². The fourth-order valence-electron chi connectivity index (χ4n) is 5.63. The Morgan fingerprint density at radius 2 is 0.737 bits per heavy atom. The van der Waals surface area contributed by atoms with E-state index in [1.165, 1.54) is 0 Å². The largest absolute Gasteiger partial charge is 0.126 e. The number of hydrogen-bond donors (Lipinski definition) is 0. The first-order valence-electron chi connectivity index (χ1n) is 12.7. The summed E-state index contributed by atoms with van der Waals surface area (Å²) in [5.74, 6) is 0. The highest BCUT2D eigenvalue weighted by Gasteiger charge is 2.49. The number of rotatable bonds is 6. The SMILES string of the molecule is [N-]=[N+]=NC1(c2ccccc2)C(c2ccccc2)=C(c2ccccc2)C(c2ccccc2)=C1c1ccccc1. The van der Waals surface area contributed by atoms with Crippen LogP contribution in [-0.2, 0) is 5.54 Å². The van der Waals surface area contributed by atoms with Crippen LogP contribution in [0.1, 0.15) is 27.8 Å². The van der Waals surface area contributed by atoms with Crippen LogP contribution < -0.4 is 0 Å². The van der Waals surface area contributed by atoms with Gasteiger partial charge < -0.3 is 0 Å². The van der Waals surface area contributed by atoms with Crippen molar-refractivity contribution in [2.45, 2.75) is 5.54 Å². The van der Waals surface area contributed by atoms with Gasteiger partial charge in [-0.1, -0.05) is 157 Å². The molecule has 0 spiro atoms. The van der Waals surface area contributed by atoms with Gasteiger partial charge in [-0.15, -0.1) is 0 Å². The molecule has 0 N–H and O–H groups in total. The summed E-state index contributed by atoms with van der Waals surface area (Å²) in [6.07, 6.45) is 0. The van der Waals surface area contributed by atoms with Crippen molar-refractivity contribution in [2.75, 3.05) is 0 Å². The Morgan fingerprint density at radius 3 is 1.08 bits per heavy atom. The van der Waals surface area contributed by atoms with E-state index >= 15 is 0 Å². The molecule has 6 rings (SSSR count). The lowest BCUT2D eigenvalue weighted by Crippen LogP contribution is -2.25. The molecule has 0 bridgehead atoms. The van der Waals surface area contributed by atoms with Gasteiger partial charge in [-0.25, -0.2) is 0 Å². The van der Waals surface area contributed by atoms with Crippen LogP contribution in [0.5, 0.6) is 0 Å². The lowest BCUT2D eigenvalue weighted by Gasteiger charge is -2.33. The highest BCUT2D eigenvalue weighted by atomic mass is 15.2. The molecule has 3 heteroatoms. The van der Waals surface area contributed by atoms with Crippen molar-refractivity contribution >= 4 is 22.3 Å². The number of hydrogen-bond acceptors (Lipinski definition) is 1. The predicted octanol–water partition coefficient (Wildman–Crippen LogP) is 9.43. The van der Waals surface area contributed by atoms with Crippen LogP contribution >= 0.6 is 0 Å². The summed E-state index contributed by atoms with van der Waals surface area (Å²) in [4.78, 5) is 3.53. The quantitative estimate of drug-likeness (QED) is 0.130. The highest BCUT2D eigenvalue weighted by molar-refractivity contribution is 6.31. The molecule has 0 radical (unpaired) electrons. The van der Waals surface area contributed by atoms with Gasteiger partial charge in [0.2, 0.25) is 0 Å². The molecule has 0 atom stereocenters. The summed E-state index contributed by atoms with van der Waals surface area (Å²) >= 11 is 0.